The summed E-state index contributed by atoms with van der Waals surface area (Å²) in [7, 11) is 0. The third-order valence-corrected chi connectivity index (χ3v) is 6.15. The summed E-state index contributed by atoms with van der Waals surface area (Å²) in [6.07, 6.45) is -0.935. The van der Waals surface area contributed by atoms with E-state index in [2.05, 4.69) is 41.5 Å². The van der Waals surface area contributed by atoms with Gasteiger partial charge in [0, 0.05) is 90.1 Å². The number of azide groups is 1. The van der Waals surface area contributed by atoms with E-state index in [1.165, 1.54) is 6.92 Å². The van der Waals surface area contributed by atoms with Crippen LogP contribution in [0.4, 0.5) is 0 Å². The Morgan fingerprint density at radius 2 is 1.67 bits per heavy atom. The number of hydrogen-bond donors (Lipinski definition) is 6. The van der Waals surface area contributed by atoms with Gasteiger partial charge in [0.1, 0.15) is 0 Å². The Hall–Kier alpha value is -3.34. The van der Waals surface area contributed by atoms with Crippen LogP contribution in [0.15, 0.2) is 5.11 Å². The molecule has 42 heavy (non-hydrogen) atoms. The van der Waals surface area contributed by atoms with Gasteiger partial charge < -0.3 is 41.8 Å². The first-order chi connectivity index (χ1) is 20.3. The molecule has 17 nitrogen and oxygen atoms in total. The van der Waals surface area contributed by atoms with Crippen LogP contribution in [0, 0.1) is 5.92 Å². The predicted molar refractivity (Wildman–Crippen MR) is 153 cm³/mol. The maximum Gasteiger partial charge on any atom is 0.224 e. The summed E-state index contributed by atoms with van der Waals surface area (Å²) in [6, 6.07) is -1.16. The molecule has 0 aromatic carbocycles. The van der Waals surface area contributed by atoms with Crippen LogP contribution >= 0.6 is 0 Å². The van der Waals surface area contributed by atoms with Crippen LogP contribution in [0.25, 0.3) is 10.4 Å². The molecule has 0 aromatic rings. The SMILES string of the molecule is CC(=O)N[C@@H](CC(=O)NCCNCCN)C(=O)C[C@@H](CC(=O)NCCN1CCOCC1)C(=O)NCCOCCN=[N+]=[N-]. The van der Waals surface area contributed by atoms with Crippen LogP contribution in [0.1, 0.15) is 26.2 Å². The second kappa shape index (κ2) is 23.2. The van der Waals surface area contributed by atoms with Gasteiger partial charge in [-0.25, -0.2) is 0 Å². The fourth-order valence-electron chi connectivity index (χ4n) is 4.03. The average Bonchev–Trinajstić information content (AvgIpc) is 2.96. The molecule has 0 unspecified atom stereocenters. The number of Topliss-reactive ketones (excluding diaryl/α,β-unsaturated/α-hetero) is 1. The Balaban J connectivity index is 2.75. The van der Waals surface area contributed by atoms with E-state index >= 15 is 0 Å². The molecule has 0 aromatic heterocycles. The van der Waals surface area contributed by atoms with E-state index < -0.39 is 41.4 Å². The van der Waals surface area contributed by atoms with Crippen LogP contribution in [-0.2, 0) is 33.4 Å². The number of hydrogen-bond acceptors (Lipinski definition) is 11. The zero-order valence-electron chi connectivity index (χ0n) is 24.4. The molecule has 1 aliphatic heterocycles. The molecule has 0 saturated carbocycles. The molecule has 0 aliphatic carbocycles. The molecule has 0 radical (unpaired) electrons. The highest BCUT2D eigenvalue weighted by Gasteiger charge is 2.30. The Morgan fingerprint density at radius 1 is 0.952 bits per heavy atom. The summed E-state index contributed by atoms with van der Waals surface area (Å²) in [5.41, 5.74) is 13.7. The number of amides is 4. The number of rotatable bonds is 23. The van der Waals surface area contributed by atoms with Crippen LogP contribution in [0.5, 0.6) is 0 Å². The number of nitrogens with zero attached hydrogens (tertiary/aromatic N) is 4. The smallest absolute Gasteiger partial charge is 0.224 e. The van der Waals surface area contributed by atoms with E-state index in [4.69, 9.17) is 20.7 Å². The van der Waals surface area contributed by atoms with Gasteiger partial charge in [-0.2, -0.15) is 0 Å². The first-order valence-corrected chi connectivity index (χ1v) is 14.2. The highest BCUT2D eigenvalue weighted by Crippen LogP contribution is 2.13. The number of carbonyl (C=O) groups is 5. The molecule has 7 N–H and O–H groups in total. The molecule has 1 fully saturated rings. The van der Waals surface area contributed by atoms with Crippen molar-refractivity contribution < 1.29 is 33.4 Å². The lowest BCUT2D eigenvalue weighted by molar-refractivity contribution is -0.135. The molecule has 2 atom stereocenters. The van der Waals surface area contributed by atoms with Crippen LogP contribution in [0.2, 0.25) is 0 Å². The molecular weight excluding hydrogens is 552 g/mol. The van der Waals surface area contributed by atoms with Gasteiger partial charge in [-0.3, -0.25) is 28.9 Å². The second-order valence-electron chi connectivity index (χ2n) is 9.58. The summed E-state index contributed by atoms with van der Waals surface area (Å²) in [5.74, 6) is -3.48. The summed E-state index contributed by atoms with van der Waals surface area (Å²) in [6.45, 7) is 7.42. The number of morpholine rings is 1. The zero-order chi connectivity index (χ0) is 31.0. The molecule has 0 bridgehead atoms. The third kappa shape index (κ3) is 18.2. The van der Waals surface area contributed by atoms with Crippen molar-refractivity contribution in [2.45, 2.75) is 32.2 Å². The van der Waals surface area contributed by atoms with Crippen LogP contribution in [-0.4, -0.2) is 132 Å². The molecule has 17 heteroatoms. The Kier molecular flexibility index (Phi) is 20.3. The average molecular weight is 599 g/mol. The molecule has 0 spiro atoms. The first-order valence-electron chi connectivity index (χ1n) is 14.2. The van der Waals surface area contributed by atoms with E-state index in [9.17, 15) is 24.0 Å². The van der Waals surface area contributed by atoms with Crippen molar-refractivity contribution in [2.24, 2.45) is 16.8 Å². The van der Waals surface area contributed by atoms with Gasteiger partial charge in [-0.15, -0.1) is 0 Å². The van der Waals surface area contributed by atoms with Crippen molar-refractivity contribution >= 4 is 29.4 Å². The maximum absolute atomic E-state index is 13.2. The predicted octanol–water partition coefficient (Wildman–Crippen LogP) is -2.60. The van der Waals surface area contributed by atoms with Crippen molar-refractivity contribution in [1.82, 2.24) is 31.5 Å². The summed E-state index contributed by atoms with van der Waals surface area (Å²) < 4.78 is 10.6. The minimum Gasteiger partial charge on any atom is -0.379 e. The first kappa shape index (κ1) is 36.7. The van der Waals surface area contributed by atoms with E-state index in [1.807, 2.05) is 0 Å². The Morgan fingerprint density at radius 3 is 2.36 bits per heavy atom. The van der Waals surface area contributed by atoms with Crippen molar-refractivity contribution in [3.63, 3.8) is 0 Å². The summed E-state index contributed by atoms with van der Waals surface area (Å²) in [5, 5.41) is 17.0. The molecular formula is C25H46N10O7. The maximum atomic E-state index is 13.2. The molecule has 1 saturated heterocycles. The quantitative estimate of drug-likeness (QED) is 0.0310. The Bertz CT molecular complexity index is 895. The summed E-state index contributed by atoms with van der Waals surface area (Å²) >= 11 is 0. The monoisotopic (exact) mass is 598 g/mol. The van der Waals surface area contributed by atoms with Gasteiger partial charge in [-0.05, 0) is 5.53 Å². The fraction of sp³-hybridized carbons (Fsp3) is 0.800. The fourth-order valence-corrected chi connectivity index (χ4v) is 4.03. The van der Waals surface area contributed by atoms with Crippen LogP contribution in [0.3, 0.4) is 0 Å². The highest BCUT2D eigenvalue weighted by molar-refractivity contribution is 5.96. The van der Waals surface area contributed by atoms with Crippen molar-refractivity contribution in [3.8, 4) is 0 Å². The summed E-state index contributed by atoms with van der Waals surface area (Å²) in [4.78, 5) is 67.9. The lowest BCUT2D eigenvalue weighted by Crippen LogP contribution is -2.46. The molecule has 238 valence electrons. The van der Waals surface area contributed by atoms with Gasteiger partial charge >= 0.3 is 0 Å². The van der Waals surface area contributed by atoms with Gasteiger partial charge in [0.2, 0.25) is 23.6 Å². The van der Waals surface area contributed by atoms with Gasteiger partial charge in [0.25, 0.3) is 0 Å². The highest BCUT2D eigenvalue weighted by atomic mass is 16.5. The van der Waals surface area contributed by atoms with E-state index in [0.717, 1.165) is 13.1 Å². The standard InChI is InChI=1S/C25H46N10O7/c1-19(36)33-21(18-24(39)29-5-4-28-3-2-26)22(37)16-20(25(40)31-7-12-41-13-8-32-34-27)17-23(38)30-6-9-35-10-14-42-15-11-35/h20-21,28H,2-18,26H2,1H3,(H,29,39)(H,30,38)(H,31,40)(H,33,36)/t20-,21-/m0/s1. The number of nitrogens with one attached hydrogen (secondary N) is 5. The lowest BCUT2D eigenvalue weighted by Gasteiger charge is -2.26. The third-order valence-electron chi connectivity index (χ3n) is 6.15. The molecule has 4 amide bonds. The van der Waals surface area contributed by atoms with Gasteiger partial charge in [0.15, 0.2) is 5.78 Å². The van der Waals surface area contributed by atoms with Crippen LogP contribution < -0.4 is 32.3 Å². The van der Waals surface area contributed by atoms with E-state index in [1.54, 1.807) is 0 Å². The van der Waals surface area contributed by atoms with Gasteiger partial charge in [0.05, 0.1) is 44.8 Å². The molecule has 1 aliphatic rings. The van der Waals surface area contributed by atoms with Crippen molar-refractivity contribution in [2.75, 3.05) is 91.9 Å². The van der Waals surface area contributed by atoms with E-state index in [0.29, 0.717) is 52.5 Å². The topological polar surface area (TPSA) is 242 Å². The normalized spacial score (nSPS) is 14.6. The number of carbonyl (C=O) groups excluding carboxylic acids is 5. The Labute approximate surface area is 246 Å². The lowest BCUT2D eigenvalue weighted by atomic mass is 9.93. The number of nitrogens with two attached hydrogens (primary N) is 1. The number of ether oxygens (including phenoxy) is 2. The minimum absolute atomic E-state index is 0.105. The second-order valence-corrected chi connectivity index (χ2v) is 9.58. The van der Waals surface area contributed by atoms with Gasteiger partial charge in [-0.1, -0.05) is 5.11 Å². The van der Waals surface area contributed by atoms with Crippen molar-refractivity contribution in [3.05, 3.63) is 10.4 Å². The molecule has 1 heterocycles. The zero-order valence-corrected chi connectivity index (χ0v) is 24.4. The van der Waals surface area contributed by atoms with E-state index in [-0.39, 0.29) is 45.6 Å². The van der Waals surface area contributed by atoms with Crippen molar-refractivity contribution in [1.29, 1.82) is 0 Å². The molecule has 1 rings (SSSR count). The number of ketones is 1. The largest absolute Gasteiger partial charge is 0.379 e. The minimum atomic E-state index is -1.16.